The molecule has 0 spiro atoms. The average molecular weight is 234 g/mol. The van der Waals surface area contributed by atoms with E-state index in [0.29, 0.717) is 24.0 Å². The van der Waals surface area contributed by atoms with Gasteiger partial charge in [0.1, 0.15) is 0 Å². The van der Waals surface area contributed by atoms with Crippen LogP contribution in [0.2, 0.25) is 0 Å². The van der Waals surface area contributed by atoms with E-state index in [1.807, 2.05) is 0 Å². The Labute approximate surface area is 99.0 Å². The van der Waals surface area contributed by atoms with Crippen molar-refractivity contribution in [1.82, 2.24) is 15.3 Å². The van der Waals surface area contributed by atoms with E-state index in [0.717, 1.165) is 13.1 Å². The van der Waals surface area contributed by atoms with Gasteiger partial charge in [0.05, 0.1) is 25.5 Å². The molecule has 0 bridgehead atoms. The molecule has 6 nitrogen and oxygen atoms in total. The highest BCUT2D eigenvalue weighted by atomic mass is 16.5. The summed E-state index contributed by atoms with van der Waals surface area (Å²) in [6, 6.07) is 0.258. The van der Waals surface area contributed by atoms with Gasteiger partial charge in [0.2, 0.25) is 11.9 Å². The van der Waals surface area contributed by atoms with E-state index in [1.54, 1.807) is 19.5 Å². The second-order valence-electron chi connectivity index (χ2n) is 4.47. The smallest absolute Gasteiger partial charge is 0.225 e. The highest BCUT2D eigenvalue weighted by molar-refractivity contribution is 5.79. The molecule has 3 heterocycles. The number of anilines is 1. The molecule has 90 valence electrons. The van der Waals surface area contributed by atoms with Crippen molar-refractivity contribution in [3.63, 3.8) is 0 Å². The zero-order valence-corrected chi connectivity index (χ0v) is 9.59. The summed E-state index contributed by atoms with van der Waals surface area (Å²) >= 11 is 0. The van der Waals surface area contributed by atoms with Crippen molar-refractivity contribution < 1.29 is 9.53 Å². The zero-order chi connectivity index (χ0) is 11.8. The fourth-order valence-electron chi connectivity index (χ4n) is 2.49. The maximum atomic E-state index is 11.2. The summed E-state index contributed by atoms with van der Waals surface area (Å²) in [4.78, 5) is 21.8. The van der Waals surface area contributed by atoms with Crippen molar-refractivity contribution in [3.8, 4) is 5.75 Å². The molecule has 0 unspecified atom stereocenters. The van der Waals surface area contributed by atoms with Gasteiger partial charge in [-0.1, -0.05) is 0 Å². The third-order valence-corrected chi connectivity index (χ3v) is 3.37. The Balaban J connectivity index is 1.72. The number of nitrogens with zero attached hydrogens (tertiary/aromatic N) is 3. The lowest BCUT2D eigenvalue weighted by Gasteiger charge is -2.16. The van der Waals surface area contributed by atoms with E-state index < -0.39 is 0 Å². The van der Waals surface area contributed by atoms with Crippen LogP contribution in [0.25, 0.3) is 0 Å². The van der Waals surface area contributed by atoms with Crippen LogP contribution in [0.3, 0.4) is 0 Å². The quantitative estimate of drug-likeness (QED) is 0.768. The van der Waals surface area contributed by atoms with Gasteiger partial charge in [-0.05, 0) is 0 Å². The number of ether oxygens (including phenoxy) is 1. The SMILES string of the molecule is COc1cnc(N2C[C@@H]3CC(=O)N[C@@H]3C2)nc1. The molecule has 2 aliphatic heterocycles. The predicted molar refractivity (Wildman–Crippen MR) is 60.8 cm³/mol. The lowest BCUT2D eigenvalue weighted by molar-refractivity contribution is -0.119. The lowest BCUT2D eigenvalue weighted by Crippen LogP contribution is -2.33. The minimum atomic E-state index is 0.162. The van der Waals surface area contributed by atoms with Gasteiger partial charge in [-0.2, -0.15) is 0 Å². The largest absolute Gasteiger partial charge is 0.494 e. The molecule has 2 fully saturated rings. The molecular formula is C11H14N4O2. The number of methoxy groups -OCH3 is 1. The maximum absolute atomic E-state index is 11.2. The Morgan fingerprint density at radius 3 is 2.82 bits per heavy atom. The van der Waals surface area contributed by atoms with E-state index in [-0.39, 0.29) is 11.9 Å². The fourth-order valence-corrected chi connectivity index (χ4v) is 2.49. The molecular weight excluding hydrogens is 220 g/mol. The molecule has 0 aliphatic carbocycles. The van der Waals surface area contributed by atoms with Gasteiger partial charge in [-0.15, -0.1) is 0 Å². The van der Waals surface area contributed by atoms with Gasteiger partial charge in [0.15, 0.2) is 5.75 Å². The summed E-state index contributed by atoms with van der Waals surface area (Å²) in [5, 5.41) is 2.98. The molecule has 1 aromatic rings. The number of carbonyl (C=O) groups excluding carboxylic acids is 1. The predicted octanol–water partition coefficient (Wildman–Crippen LogP) is -0.190. The number of amides is 1. The first-order valence-electron chi connectivity index (χ1n) is 5.66. The van der Waals surface area contributed by atoms with Crippen molar-refractivity contribution >= 4 is 11.9 Å². The van der Waals surface area contributed by atoms with Crippen LogP contribution in [-0.4, -0.2) is 42.1 Å². The van der Waals surface area contributed by atoms with E-state index >= 15 is 0 Å². The minimum Gasteiger partial charge on any atom is -0.494 e. The molecule has 1 aromatic heterocycles. The van der Waals surface area contributed by atoms with Crippen molar-refractivity contribution in [2.45, 2.75) is 12.5 Å². The Kier molecular flexibility index (Phi) is 2.35. The molecule has 1 amide bonds. The highest BCUT2D eigenvalue weighted by Crippen LogP contribution is 2.27. The van der Waals surface area contributed by atoms with E-state index in [9.17, 15) is 4.79 Å². The highest BCUT2D eigenvalue weighted by Gasteiger charge is 2.40. The number of aromatic nitrogens is 2. The second kappa shape index (κ2) is 3.87. The number of nitrogens with one attached hydrogen (secondary N) is 1. The van der Waals surface area contributed by atoms with Crippen molar-refractivity contribution in [2.24, 2.45) is 5.92 Å². The van der Waals surface area contributed by atoms with E-state index in [4.69, 9.17) is 4.74 Å². The van der Waals surface area contributed by atoms with Crippen molar-refractivity contribution in [2.75, 3.05) is 25.1 Å². The fraction of sp³-hybridized carbons (Fsp3) is 0.545. The van der Waals surface area contributed by atoms with E-state index in [1.165, 1.54) is 0 Å². The van der Waals surface area contributed by atoms with Gasteiger partial charge in [-0.25, -0.2) is 9.97 Å². The third-order valence-electron chi connectivity index (χ3n) is 3.37. The number of carbonyl (C=O) groups is 1. The monoisotopic (exact) mass is 234 g/mol. The van der Waals surface area contributed by atoms with Crippen LogP contribution in [0, 0.1) is 5.92 Å². The Hall–Kier alpha value is -1.85. The zero-order valence-electron chi connectivity index (χ0n) is 9.59. The third kappa shape index (κ3) is 1.79. The molecule has 0 saturated carbocycles. The molecule has 17 heavy (non-hydrogen) atoms. The van der Waals surface area contributed by atoms with Crippen LogP contribution in [-0.2, 0) is 4.79 Å². The molecule has 6 heteroatoms. The van der Waals surface area contributed by atoms with Crippen molar-refractivity contribution in [1.29, 1.82) is 0 Å². The summed E-state index contributed by atoms with van der Waals surface area (Å²) in [6.07, 6.45) is 3.95. The summed E-state index contributed by atoms with van der Waals surface area (Å²) in [6.45, 7) is 1.64. The number of hydrogen-bond donors (Lipinski definition) is 1. The molecule has 2 saturated heterocycles. The number of fused-ring (bicyclic) bond motifs is 1. The van der Waals surface area contributed by atoms with E-state index in [2.05, 4.69) is 20.2 Å². The average Bonchev–Trinajstić information content (AvgIpc) is 2.86. The van der Waals surface area contributed by atoms with Crippen LogP contribution in [0.15, 0.2) is 12.4 Å². The minimum absolute atomic E-state index is 0.162. The van der Waals surface area contributed by atoms with Crippen LogP contribution in [0.5, 0.6) is 5.75 Å². The van der Waals surface area contributed by atoms with Crippen molar-refractivity contribution in [3.05, 3.63) is 12.4 Å². The van der Waals surface area contributed by atoms with Gasteiger partial charge in [0.25, 0.3) is 0 Å². The Morgan fingerprint density at radius 2 is 2.18 bits per heavy atom. The lowest BCUT2D eigenvalue weighted by atomic mass is 10.1. The summed E-state index contributed by atoms with van der Waals surface area (Å²) < 4.78 is 5.02. The standard InChI is InChI=1S/C11H14N4O2/c1-17-8-3-12-11(13-4-8)15-5-7-2-10(16)14-9(7)6-15/h3-4,7,9H,2,5-6H2,1H3,(H,14,16)/t7-,9+/m0/s1. The van der Waals surface area contributed by atoms with Gasteiger partial charge in [0, 0.05) is 25.4 Å². The van der Waals surface area contributed by atoms with Crippen LogP contribution >= 0.6 is 0 Å². The topological polar surface area (TPSA) is 67.3 Å². The Bertz CT molecular complexity index is 418. The maximum Gasteiger partial charge on any atom is 0.225 e. The number of hydrogen-bond acceptors (Lipinski definition) is 5. The molecule has 0 aromatic carbocycles. The molecule has 0 radical (unpaired) electrons. The molecule has 2 atom stereocenters. The van der Waals surface area contributed by atoms with Crippen LogP contribution < -0.4 is 15.0 Å². The van der Waals surface area contributed by atoms with Crippen LogP contribution in [0.4, 0.5) is 5.95 Å². The van der Waals surface area contributed by atoms with Gasteiger partial charge in [-0.3, -0.25) is 4.79 Å². The first-order chi connectivity index (χ1) is 8.26. The first kappa shape index (κ1) is 10.3. The second-order valence-corrected chi connectivity index (χ2v) is 4.47. The first-order valence-corrected chi connectivity index (χ1v) is 5.66. The molecule has 2 aliphatic rings. The summed E-state index contributed by atoms with van der Waals surface area (Å²) in [5.74, 6) is 1.92. The molecule has 3 rings (SSSR count). The van der Waals surface area contributed by atoms with Gasteiger partial charge >= 0.3 is 0 Å². The normalized spacial score (nSPS) is 26.9. The van der Waals surface area contributed by atoms with Crippen LogP contribution in [0.1, 0.15) is 6.42 Å². The summed E-state index contributed by atoms with van der Waals surface area (Å²) in [5.41, 5.74) is 0. The van der Waals surface area contributed by atoms with Gasteiger partial charge < -0.3 is 15.0 Å². The summed E-state index contributed by atoms with van der Waals surface area (Å²) in [7, 11) is 1.59. The number of rotatable bonds is 2. The Morgan fingerprint density at radius 1 is 1.41 bits per heavy atom. The molecule has 1 N–H and O–H groups in total.